The fourth-order valence-corrected chi connectivity index (χ4v) is 3.81. The van der Waals surface area contributed by atoms with Gasteiger partial charge in [-0.05, 0) is 40.0 Å². The van der Waals surface area contributed by atoms with Gasteiger partial charge < -0.3 is 14.7 Å². The van der Waals surface area contributed by atoms with E-state index in [4.69, 9.17) is 4.52 Å². The Balaban J connectivity index is 2.14. The number of carbonyl (C=O) groups excluding carboxylic acids is 1. The number of nitrogens with one attached hydrogen (secondary N) is 1. The Hall–Kier alpha value is -2.25. The summed E-state index contributed by atoms with van der Waals surface area (Å²) in [6, 6.07) is 3.95. The molecule has 0 radical (unpaired) electrons. The zero-order valence-corrected chi connectivity index (χ0v) is 16.0. The van der Waals surface area contributed by atoms with Gasteiger partial charge in [-0.25, -0.2) is 4.98 Å². The lowest BCUT2D eigenvalue weighted by Crippen LogP contribution is -2.33. The molecule has 0 aliphatic heterocycles. The molecule has 25 heavy (non-hydrogen) atoms. The quantitative estimate of drug-likeness (QED) is 0.758. The molecule has 0 fully saturated rings. The molecule has 1 N–H and O–H groups in total. The van der Waals surface area contributed by atoms with Crippen LogP contribution in [0.2, 0.25) is 0 Å². The first kappa shape index (κ1) is 17.6. The van der Waals surface area contributed by atoms with Gasteiger partial charge in [0.25, 0.3) is 11.6 Å². The van der Waals surface area contributed by atoms with E-state index in [-0.39, 0.29) is 5.91 Å². The monoisotopic (exact) mass is 358 g/mol. The molecule has 0 atom stereocenters. The SMILES string of the molecule is CNCCN(C)C(=O)c1cc(-c2cc(C)sc2C)nc2onc(C)c12. The van der Waals surface area contributed by atoms with Crippen LogP contribution in [0.3, 0.4) is 0 Å². The number of aromatic nitrogens is 2. The highest BCUT2D eigenvalue weighted by atomic mass is 32.1. The van der Waals surface area contributed by atoms with Gasteiger partial charge in [0, 0.05) is 35.5 Å². The summed E-state index contributed by atoms with van der Waals surface area (Å²) in [6.07, 6.45) is 0. The van der Waals surface area contributed by atoms with Crippen molar-refractivity contribution in [3.63, 3.8) is 0 Å². The van der Waals surface area contributed by atoms with E-state index in [1.54, 1.807) is 23.3 Å². The Kier molecular flexibility index (Phi) is 4.87. The van der Waals surface area contributed by atoms with Crippen LogP contribution in [-0.2, 0) is 0 Å². The predicted octanol–water partition coefficient (Wildman–Crippen LogP) is 3.17. The molecule has 7 heteroatoms. The lowest BCUT2D eigenvalue weighted by Gasteiger charge is -2.17. The van der Waals surface area contributed by atoms with Crippen molar-refractivity contribution in [2.75, 3.05) is 27.2 Å². The van der Waals surface area contributed by atoms with Crippen LogP contribution in [-0.4, -0.2) is 48.1 Å². The number of hydrogen-bond acceptors (Lipinski definition) is 6. The molecule has 0 spiro atoms. The fourth-order valence-electron chi connectivity index (χ4n) is 2.87. The van der Waals surface area contributed by atoms with E-state index in [1.165, 1.54) is 9.75 Å². The van der Waals surface area contributed by atoms with Gasteiger partial charge in [0.15, 0.2) is 0 Å². The number of carbonyl (C=O) groups is 1. The molecular formula is C18H22N4O2S. The summed E-state index contributed by atoms with van der Waals surface area (Å²) in [5.74, 6) is -0.0557. The van der Waals surface area contributed by atoms with Crippen LogP contribution in [0.4, 0.5) is 0 Å². The van der Waals surface area contributed by atoms with Gasteiger partial charge in [-0.2, -0.15) is 0 Å². The third-order valence-electron chi connectivity index (χ3n) is 4.21. The second-order valence-electron chi connectivity index (χ2n) is 6.16. The molecule has 0 aliphatic carbocycles. The minimum Gasteiger partial charge on any atom is -0.340 e. The number of amides is 1. The molecule has 1 amide bonds. The number of hydrogen-bond donors (Lipinski definition) is 1. The molecule has 0 saturated carbocycles. The van der Waals surface area contributed by atoms with Crippen LogP contribution in [0.5, 0.6) is 0 Å². The molecule has 3 aromatic heterocycles. The molecule has 0 unspecified atom stereocenters. The summed E-state index contributed by atoms with van der Waals surface area (Å²) in [5, 5.41) is 7.75. The standard InChI is InChI=1S/C18H22N4O2S/c1-10-8-13(12(3)25-10)15-9-14(18(23)22(5)7-6-19-4)16-11(2)21-24-17(16)20-15/h8-9,19H,6-7H2,1-5H3. The normalized spacial score (nSPS) is 11.2. The van der Waals surface area contributed by atoms with Gasteiger partial charge in [0.2, 0.25) is 0 Å². The number of nitrogens with zero attached hydrogens (tertiary/aromatic N) is 3. The number of pyridine rings is 1. The van der Waals surface area contributed by atoms with Crippen LogP contribution in [0.1, 0.15) is 25.8 Å². The van der Waals surface area contributed by atoms with E-state index in [0.29, 0.717) is 28.9 Å². The van der Waals surface area contributed by atoms with Crippen molar-refractivity contribution in [1.29, 1.82) is 0 Å². The summed E-state index contributed by atoms with van der Waals surface area (Å²) in [6.45, 7) is 7.31. The molecule has 0 aliphatic rings. The van der Waals surface area contributed by atoms with Crippen molar-refractivity contribution in [3.8, 4) is 11.3 Å². The van der Waals surface area contributed by atoms with Crippen LogP contribution < -0.4 is 5.32 Å². The summed E-state index contributed by atoms with van der Waals surface area (Å²) >= 11 is 1.72. The Morgan fingerprint density at radius 3 is 2.72 bits per heavy atom. The Morgan fingerprint density at radius 1 is 1.32 bits per heavy atom. The van der Waals surface area contributed by atoms with Crippen molar-refractivity contribution in [2.45, 2.75) is 20.8 Å². The predicted molar refractivity (Wildman–Crippen MR) is 100 cm³/mol. The van der Waals surface area contributed by atoms with E-state index in [2.05, 4.69) is 35.4 Å². The van der Waals surface area contributed by atoms with E-state index < -0.39 is 0 Å². The van der Waals surface area contributed by atoms with Gasteiger partial charge in [0.05, 0.1) is 22.3 Å². The van der Waals surface area contributed by atoms with Crippen molar-refractivity contribution < 1.29 is 9.32 Å². The lowest BCUT2D eigenvalue weighted by molar-refractivity contribution is 0.0798. The summed E-state index contributed by atoms with van der Waals surface area (Å²) in [5.41, 5.74) is 3.45. The Labute approximate surface area is 150 Å². The minimum atomic E-state index is -0.0557. The van der Waals surface area contributed by atoms with Crippen LogP contribution in [0.25, 0.3) is 22.4 Å². The topological polar surface area (TPSA) is 71.3 Å². The molecule has 3 heterocycles. The summed E-state index contributed by atoms with van der Waals surface area (Å²) in [7, 11) is 3.67. The minimum absolute atomic E-state index is 0.0557. The highest BCUT2D eigenvalue weighted by Crippen LogP contribution is 2.33. The molecule has 0 saturated heterocycles. The molecule has 6 nitrogen and oxygen atoms in total. The number of aryl methyl sites for hydroxylation is 3. The van der Waals surface area contributed by atoms with E-state index in [0.717, 1.165) is 17.8 Å². The van der Waals surface area contributed by atoms with Gasteiger partial charge >= 0.3 is 0 Å². The summed E-state index contributed by atoms with van der Waals surface area (Å²) in [4.78, 5) is 21.7. The molecule has 3 rings (SSSR count). The third-order valence-corrected chi connectivity index (χ3v) is 5.17. The Bertz CT molecular complexity index is 929. The maximum Gasteiger partial charge on any atom is 0.259 e. The van der Waals surface area contributed by atoms with Crippen molar-refractivity contribution in [2.24, 2.45) is 0 Å². The van der Waals surface area contributed by atoms with Crippen molar-refractivity contribution in [3.05, 3.63) is 33.1 Å². The van der Waals surface area contributed by atoms with E-state index in [1.807, 2.05) is 20.0 Å². The second kappa shape index (κ2) is 6.93. The Morgan fingerprint density at radius 2 is 2.08 bits per heavy atom. The molecular weight excluding hydrogens is 336 g/mol. The van der Waals surface area contributed by atoms with Crippen molar-refractivity contribution >= 4 is 28.3 Å². The first-order valence-electron chi connectivity index (χ1n) is 8.17. The average molecular weight is 358 g/mol. The van der Waals surface area contributed by atoms with Crippen LogP contribution in [0.15, 0.2) is 16.7 Å². The first-order valence-corrected chi connectivity index (χ1v) is 8.98. The maximum absolute atomic E-state index is 13.0. The second-order valence-corrected chi connectivity index (χ2v) is 7.62. The maximum atomic E-state index is 13.0. The number of rotatable bonds is 5. The highest BCUT2D eigenvalue weighted by Gasteiger charge is 2.22. The average Bonchev–Trinajstić information content (AvgIpc) is 3.13. The number of likely N-dealkylation sites (N-methyl/N-ethyl adjacent to an activating group) is 2. The molecule has 132 valence electrons. The highest BCUT2D eigenvalue weighted by molar-refractivity contribution is 7.12. The largest absolute Gasteiger partial charge is 0.340 e. The first-order chi connectivity index (χ1) is 11.9. The van der Waals surface area contributed by atoms with Crippen molar-refractivity contribution in [1.82, 2.24) is 20.4 Å². The van der Waals surface area contributed by atoms with E-state index >= 15 is 0 Å². The molecule has 3 aromatic rings. The fraction of sp³-hybridized carbons (Fsp3) is 0.389. The van der Waals surface area contributed by atoms with Gasteiger partial charge in [-0.3, -0.25) is 4.79 Å². The third kappa shape index (κ3) is 3.29. The van der Waals surface area contributed by atoms with Crippen LogP contribution in [0, 0.1) is 20.8 Å². The van der Waals surface area contributed by atoms with Gasteiger partial charge in [0.1, 0.15) is 0 Å². The molecule has 0 aromatic carbocycles. The van der Waals surface area contributed by atoms with Gasteiger partial charge in [-0.15, -0.1) is 11.3 Å². The smallest absolute Gasteiger partial charge is 0.259 e. The zero-order valence-electron chi connectivity index (χ0n) is 15.1. The van der Waals surface area contributed by atoms with E-state index in [9.17, 15) is 4.79 Å². The number of thiophene rings is 1. The molecule has 0 bridgehead atoms. The van der Waals surface area contributed by atoms with Crippen LogP contribution >= 0.6 is 11.3 Å². The van der Waals surface area contributed by atoms with Gasteiger partial charge in [-0.1, -0.05) is 5.16 Å². The summed E-state index contributed by atoms with van der Waals surface area (Å²) < 4.78 is 5.37. The lowest BCUT2D eigenvalue weighted by atomic mass is 10.0. The zero-order chi connectivity index (χ0) is 18.1. The number of fused-ring (bicyclic) bond motifs is 1.